The summed E-state index contributed by atoms with van der Waals surface area (Å²) in [5.41, 5.74) is 1.29. The summed E-state index contributed by atoms with van der Waals surface area (Å²) < 4.78 is 0. The van der Waals surface area contributed by atoms with Gasteiger partial charge in [-0.2, -0.15) is 0 Å². The van der Waals surface area contributed by atoms with Crippen molar-refractivity contribution < 1.29 is 14.4 Å². The van der Waals surface area contributed by atoms with Crippen molar-refractivity contribution >= 4 is 35.2 Å². The molecular weight excluding hydrogens is 326 g/mol. The van der Waals surface area contributed by atoms with Crippen LogP contribution in [0.15, 0.2) is 23.1 Å². The SMILES string of the molecule is O=C1CSc2ccc(C(=O)N3CCN(C(=O)C4CC4)CC3)cc2N1. The van der Waals surface area contributed by atoms with Crippen molar-refractivity contribution in [1.29, 1.82) is 0 Å². The highest BCUT2D eigenvalue weighted by molar-refractivity contribution is 8.00. The molecule has 0 unspecified atom stereocenters. The molecule has 2 heterocycles. The Morgan fingerprint density at radius 1 is 1.08 bits per heavy atom. The van der Waals surface area contributed by atoms with Gasteiger partial charge in [-0.3, -0.25) is 14.4 Å². The molecule has 24 heavy (non-hydrogen) atoms. The molecule has 1 aromatic rings. The van der Waals surface area contributed by atoms with Crippen LogP contribution in [0.1, 0.15) is 23.2 Å². The van der Waals surface area contributed by atoms with Crippen LogP contribution in [0.5, 0.6) is 0 Å². The Morgan fingerprint density at radius 2 is 1.79 bits per heavy atom. The number of benzene rings is 1. The highest BCUT2D eigenvalue weighted by atomic mass is 32.2. The summed E-state index contributed by atoms with van der Waals surface area (Å²) in [4.78, 5) is 40.9. The third-order valence-corrected chi connectivity index (χ3v) is 5.74. The second kappa shape index (κ2) is 6.12. The largest absolute Gasteiger partial charge is 0.339 e. The third-order valence-electron chi connectivity index (χ3n) is 4.66. The van der Waals surface area contributed by atoms with Crippen molar-refractivity contribution in [2.45, 2.75) is 17.7 Å². The van der Waals surface area contributed by atoms with Crippen LogP contribution >= 0.6 is 11.8 Å². The Kier molecular flexibility index (Phi) is 3.96. The zero-order chi connectivity index (χ0) is 16.7. The van der Waals surface area contributed by atoms with Crippen molar-refractivity contribution in [3.05, 3.63) is 23.8 Å². The summed E-state index contributed by atoms with van der Waals surface area (Å²) in [5, 5.41) is 2.82. The monoisotopic (exact) mass is 345 g/mol. The summed E-state index contributed by atoms with van der Waals surface area (Å²) in [6.45, 7) is 2.35. The molecule has 126 valence electrons. The van der Waals surface area contributed by atoms with Crippen LogP contribution in [0, 0.1) is 5.92 Å². The van der Waals surface area contributed by atoms with Gasteiger partial charge >= 0.3 is 0 Å². The van der Waals surface area contributed by atoms with Crippen LogP contribution in [0.2, 0.25) is 0 Å². The Bertz CT molecular complexity index is 709. The summed E-state index contributed by atoms with van der Waals surface area (Å²) in [6, 6.07) is 5.45. The molecule has 1 aliphatic carbocycles. The first-order valence-corrected chi connectivity index (χ1v) is 9.25. The van der Waals surface area contributed by atoms with Gasteiger partial charge in [0.1, 0.15) is 0 Å². The van der Waals surface area contributed by atoms with E-state index in [2.05, 4.69) is 5.32 Å². The molecule has 1 aromatic carbocycles. The van der Waals surface area contributed by atoms with Gasteiger partial charge in [-0.05, 0) is 31.0 Å². The summed E-state index contributed by atoms with van der Waals surface area (Å²) >= 11 is 1.48. The predicted octanol–water partition coefficient (Wildman–Crippen LogP) is 1.43. The van der Waals surface area contributed by atoms with E-state index in [1.165, 1.54) is 11.8 Å². The average molecular weight is 345 g/mol. The quantitative estimate of drug-likeness (QED) is 0.880. The van der Waals surface area contributed by atoms with Gasteiger partial charge in [0.25, 0.3) is 5.91 Å². The van der Waals surface area contributed by atoms with Crippen molar-refractivity contribution in [3.63, 3.8) is 0 Å². The molecule has 7 heteroatoms. The molecule has 0 radical (unpaired) electrons. The third kappa shape index (κ3) is 3.00. The maximum atomic E-state index is 12.7. The number of hydrogen-bond donors (Lipinski definition) is 1. The molecule has 2 fully saturated rings. The first kappa shape index (κ1) is 15.5. The number of fused-ring (bicyclic) bond motifs is 1. The molecule has 0 aromatic heterocycles. The lowest BCUT2D eigenvalue weighted by atomic mass is 10.1. The fourth-order valence-corrected chi connectivity index (χ4v) is 3.91. The maximum absolute atomic E-state index is 12.7. The molecule has 1 saturated carbocycles. The molecule has 0 bridgehead atoms. The van der Waals surface area contributed by atoms with Gasteiger partial charge in [-0.15, -0.1) is 11.8 Å². The van der Waals surface area contributed by atoms with Crippen molar-refractivity contribution in [2.24, 2.45) is 5.92 Å². The molecule has 6 nitrogen and oxygen atoms in total. The lowest BCUT2D eigenvalue weighted by molar-refractivity contribution is -0.134. The minimum atomic E-state index is -0.0406. The standard InChI is InChI=1S/C17H19N3O3S/c21-15-10-24-14-4-3-12(9-13(14)18-15)17(23)20-7-5-19(6-8-20)16(22)11-1-2-11/h3-4,9,11H,1-2,5-8,10H2,(H,18,21). The van der Waals surface area contributed by atoms with Gasteiger partial charge in [0.05, 0.1) is 11.4 Å². The molecule has 0 spiro atoms. The molecule has 4 rings (SSSR count). The average Bonchev–Trinajstić information content (AvgIpc) is 3.45. The summed E-state index contributed by atoms with van der Waals surface area (Å²) in [7, 11) is 0. The van der Waals surface area contributed by atoms with Crippen LogP contribution in [0.3, 0.4) is 0 Å². The molecule has 3 amide bonds. The van der Waals surface area contributed by atoms with E-state index >= 15 is 0 Å². The van der Waals surface area contributed by atoms with Crippen molar-refractivity contribution in [3.8, 4) is 0 Å². The van der Waals surface area contributed by atoms with Crippen LogP contribution in [-0.2, 0) is 9.59 Å². The highest BCUT2D eigenvalue weighted by Gasteiger charge is 2.35. The van der Waals surface area contributed by atoms with Crippen LogP contribution < -0.4 is 5.32 Å². The number of carbonyl (C=O) groups excluding carboxylic acids is 3. The lowest BCUT2D eigenvalue weighted by Gasteiger charge is -2.35. The normalized spacial score (nSPS) is 20.4. The fourth-order valence-electron chi connectivity index (χ4n) is 3.12. The van der Waals surface area contributed by atoms with Gasteiger partial charge in [-0.25, -0.2) is 0 Å². The maximum Gasteiger partial charge on any atom is 0.254 e. The van der Waals surface area contributed by atoms with Crippen LogP contribution in [0.4, 0.5) is 5.69 Å². The van der Waals surface area contributed by atoms with E-state index in [0.29, 0.717) is 43.2 Å². The van der Waals surface area contributed by atoms with Gasteiger partial charge in [-0.1, -0.05) is 0 Å². The first-order chi connectivity index (χ1) is 11.6. The van der Waals surface area contributed by atoms with Crippen molar-refractivity contribution in [1.82, 2.24) is 9.80 Å². The predicted molar refractivity (Wildman–Crippen MR) is 91.0 cm³/mol. The smallest absolute Gasteiger partial charge is 0.254 e. The number of amides is 3. The minimum Gasteiger partial charge on any atom is -0.339 e. The molecular formula is C17H19N3O3S. The van der Waals surface area contributed by atoms with E-state index in [1.807, 2.05) is 17.0 Å². The molecule has 0 atom stereocenters. The van der Waals surface area contributed by atoms with Gasteiger partial charge < -0.3 is 15.1 Å². The lowest BCUT2D eigenvalue weighted by Crippen LogP contribution is -2.51. The first-order valence-electron chi connectivity index (χ1n) is 8.26. The Hall–Kier alpha value is -2.02. The van der Waals surface area contributed by atoms with Gasteiger partial charge in [0.15, 0.2) is 0 Å². The number of nitrogens with one attached hydrogen (secondary N) is 1. The Labute approximate surface area is 144 Å². The number of nitrogens with zero attached hydrogens (tertiary/aromatic N) is 2. The number of thioether (sulfide) groups is 1. The van der Waals surface area contributed by atoms with E-state index < -0.39 is 0 Å². The number of rotatable bonds is 2. The summed E-state index contributed by atoms with van der Waals surface area (Å²) in [5.74, 6) is 0.812. The number of carbonyl (C=O) groups is 3. The molecule has 1 saturated heterocycles. The van der Waals surface area contributed by atoms with Gasteiger partial charge in [0, 0.05) is 42.6 Å². The van der Waals surface area contributed by atoms with E-state index in [4.69, 9.17) is 0 Å². The number of hydrogen-bond acceptors (Lipinski definition) is 4. The zero-order valence-electron chi connectivity index (χ0n) is 13.3. The second-order valence-electron chi connectivity index (χ2n) is 6.44. The van der Waals surface area contributed by atoms with Gasteiger partial charge in [0.2, 0.25) is 11.8 Å². The number of piperazine rings is 1. The highest BCUT2D eigenvalue weighted by Crippen LogP contribution is 2.33. The topological polar surface area (TPSA) is 69.7 Å². The molecule has 2 aliphatic heterocycles. The van der Waals surface area contributed by atoms with E-state index in [-0.39, 0.29) is 23.6 Å². The molecule has 3 aliphatic rings. The fraction of sp³-hybridized carbons (Fsp3) is 0.471. The van der Waals surface area contributed by atoms with E-state index in [0.717, 1.165) is 17.7 Å². The van der Waals surface area contributed by atoms with Crippen LogP contribution in [-0.4, -0.2) is 59.5 Å². The van der Waals surface area contributed by atoms with Crippen LogP contribution in [0.25, 0.3) is 0 Å². The Balaban J connectivity index is 1.42. The summed E-state index contributed by atoms with van der Waals surface area (Å²) in [6.07, 6.45) is 2.02. The van der Waals surface area contributed by atoms with E-state index in [9.17, 15) is 14.4 Å². The molecule has 1 N–H and O–H groups in total. The second-order valence-corrected chi connectivity index (χ2v) is 7.46. The van der Waals surface area contributed by atoms with E-state index in [1.54, 1.807) is 11.0 Å². The Morgan fingerprint density at radius 3 is 2.50 bits per heavy atom. The number of anilines is 1. The van der Waals surface area contributed by atoms with Crippen molar-refractivity contribution in [2.75, 3.05) is 37.2 Å². The zero-order valence-corrected chi connectivity index (χ0v) is 14.1. The minimum absolute atomic E-state index is 0.0377.